The van der Waals surface area contributed by atoms with E-state index in [-0.39, 0.29) is 0 Å². The molecule has 2 aromatic carbocycles. The lowest BCUT2D eigenvalue weighted by atomic mass is 10.1. The van der Waals surface area contributed by atoms with Crippen LogP contribution in [0.5, 0.6) is 0 Å². The molecular weight excluding hydrogens is 480 g/mol. The van der Waals surface area contributed by atoms with Gasteiger partial charge >= 0.3 is 0 Å². The lowest BCUT2D eigenvalue weighted by molar-refractivity contribution is 0.659. The summed E-state index contributed by atoms with van der Waals surface area (Å²) in [6, 6.07) is 18.2. The van der Waals surface area contributed by atoms with Crippen LogP contribution in [0, 0.1) is 13.8 Å². The van der Waals surface area contributed by atoms with Gasteiger partial charge in [-0.15, -0.1) is 5.10 Å². The minimum absolute atomic E-state index is 0.650. The summed E-state index contributed by atoms with van der Waals surface area (Å²) >= 11 is 3.59. The van der Waals surface area contributed by atoms with Gasteiger partial charge in [-0.05, 0) is 47.5 Å². The number of fused-ring (bicyclic) bond motifs is 3. The number of rotatable bonds is 4. The molecule has 0 aliphatic carbocycles. The molecule has 0 unspecified atom stereocenters. The Balaban J connectivity index is 1.34. The minimum atomic E-state index is 0.650. The van der Waals surface area contributed by atoms with Crippen LogP contribution in [0.3, 0.4) is 0 Å². The first-order chi connectivity index (χ1) is 16.1. The van der Waals surface area contributed by atoms with Crippen LogP contribution in [0.2, 0.25) is 0 Å². The van der Waals surface area contributed by atoms with Crippen molar-refractivity contribution in [1.82, 2.24) is 39.1 Å². The molecule has 0 aliphatic rings. The minimum Gasteiger partial charge on any atom is -0.264 e. The standard InChI is InChI=1S/C24H19BrN8/c1-15-21(25)16(2)31(29-15)13-17-8-10-18(11-9-17)22-28-24-20-12-27-33(19-6-4-3-5-7-19)23(20)26-14-32(24)30-22/h3-12,14H,13H2,1-2H3. The number of para-hydroxylation sites is 1. The summed E-state index contributed by atoms with van der Waals surface area (Å²) in [5.41, 5.74) is 6.65. The molecule has 0 saturated heterocycles. The zero-order valence-electron chi connectivity index (χ0n) is 18.0. The first kappa shape index (κ1) is 19.8. The molecule has 0 aliphatic heterocycles. The molecule has 0 bridgehead atoms. The van der Waals surface area contributed by atoms with Crippen LogP contribution in [0.1, 0.15) is 17.0 Å². The fraction of sp³-hybridized carbons (Fsp3) is 0.125. The van der Waals surface area contributed by atoms with Gasteiger partial charge in [0.1, 0.15) is 6.33 Å². The van der Waals surface area contributed by atoms with Gasteiger partial charge in [0, 0.05) is 5.56 Å². The van der Waals surface area contributed by atoms with Crippen LogP contribution in [-0.4, -0.2) is 39.1 Å². The molecule has 8 nitrogen and oxygen atoms in total. The SMILES string of the molecule is Cc1nn(Cc2ccc(-c3nc4c5cnn(-c6ccccc6)c5ncn4n3)cc2)c(C)c1Br. The summed E-state index contributed by atoms with van der Waals surface area (Å²) in [4.78, 5) is 9.37. The van der Waals surface area contributed by atoms with Crippen molar-refractivity contribution in [3.8, 4) is 17.1 Å². The van der Waals surface area contributed by atoms with Crippen molar-refractivity contribution < 1.29 is 0 Å². The number of nitrogens with zero attached hydrogens (tertiary/aromatic N) is 8. The highest BCUT2D eigenvalue weighted by Gasteiger charge is 2.15. The Morgan fingerprint density at radius 2 is 1.70 bits per heavy atom. The summed E-state index contributed by atoms with van der Waals surface area (Å²) in [6.45, 7) is 4.77. The van der Waals surface area contributed by atoms with Gasteiger partial charge in [0.2, 0.25) is 0 Å². The number of aromatic nitrogens is 8. The van der Waals surface area contributed by atoms with E-state index in [9.17, 15) is 0 Å². The smallest absolute Gasteiger partial charge is 0.182 e. The van der Waals surface area contributed by atoms with E-state index < -0.39 is 0 Å². The summed E-state index contributed by atoms with van der Waals surface area (Å²) < 4.78 is 6.58. The Kier molecular flexibility index (Phi) is 4.58. The Hall–Kier alpha value is -3.85. The molecule has 4 aromatic heterocycles. The molecule has 6 rings (SSSR count). The Morgan fingerprint density at radius 3 is 2.42 bits per heavy atom. The van der Waals surface area contributed by atoms with E-state index in [0.29, 0.717) is 12.4 Å². The summed E-state index contributed by atoms with van der Waals surface area (Å²) in [5, 5.41) is 14.6. The topological polar surface area (TPSA) is 78.7 Å². The van der Waals surface area contributed by atoms with Crippen LogP contribution in [0.15, 0.2) is 71.6 Å². The first-order valence-electron chi connectivity index (χ1n) is 10.5. The molecule has 0 amide bonds. The third-order valence-corrected chi connectivity index (χ3v) is 6.89. The predicted molar refractivity (Wildman–Crippen MR) is 129 cm³/mol. The summed E-state index contributed by atoms with van der Waals surface area (Å²) in [7, 11) is 0. The average molecular weight is 499 g/mol. The second kappa shape index (κ2) is 7.63. The fourth-order valence-electron chi connectivity index (χ4n) is 3.96. The van der Waals surface area contributed by atoms with Crippen molar-refractivity contribution in [2.75, 3.05) is 0 Å². The van der Waals surface area contributed by atoms with Crippen molar-refractivity contribution in [3.05, 3.63) is 88.5 Å². The Labute approximate surface area is 197 Å². The van der Waals surface area contributed by atoms with E-state index in [2.05, 4.69) is 55.3 Å². The highest BCUT2D eigenvalue weighted by molar-refractivity contribution is 9.10. The van der Waals surface area contributed by atoms with E-state index >= 15 is 0 Å². The maximum Gasteiger partial charge on any atom is 0.182 e. The molecule has 6 aromatic rings. The zero-order valence-corrected chi connectivity index (χ0v) is 19.6. The molecule has 0 spiro atoms. The van der Waals surface area contributed by atoms with Crippen LogP contribution < -0.4 is 0 Å². The fourth-order valence-corrected chi connectivity index (χ4v) is 4.25. The molecule has 4 heterocycles. The number of halogens is 1. The molecular formula is C24H19BrN8. The molecule has 0 fully saturated rings. The van der Waals surface area contributed by atoms with Gasteiger partial charge in [-0.2, -0.15) is 10.2 Å². The van der Waals surface area contributed by atoms with Crippen LogP contribution >= 0.6 is 15.9 Å². The Morgan fingerprint density at radius 1 is 0.909 bits per heavy atom. The lowest BCUT2D eigenvalue weighted by Gasteiger charge is -2.05. The largest absolute Gasteiger partial charge is 0.264 e. The van der Waals surface area contributed by atoms with Crippen molar-refractivity contribution >= 4 is 32.6 Å². The maximum absolute atomic E-state index is 4.80. The van der Waals surface area contributed by atoms with Gasteiger partial charge in [-0.3, -0.25) is 4.68 Å². The second-order valence-corrected chi connectivity index (χ2v) is 8.71. The van der Waals surface area contributed by atoms with Gasteiger partial charge in [0.05, 0.1) is 39.7 Å². The van der Waals surface area contributed by atoms with E-state index in [1.165, 1.54) is 0 Å². The first-order valence-corrected chi connectivity index (χ1v) is 11.3. The number of hydrogen-bond acceptors (Lipinski definition) is 5. The third-order valence-electron chi connectivity index (χ3n) is 5.74. The van der Waals surface area contributed by atoms with E-state index in [1.54, 1.807) is 17.0 Å². The zero-order chi connectivity index (χ0) is 22.5. The average Bonchev–Trinajstić information content (AvgIpc) is 3.53. The Bertz CT molecular complexity index is 1610. The molecule has 0 N–H and O–H groups in total. The van der Waals surface area contributed by atoms with Crippen LogP contribution in [0.4, 0.5) is 0 Å². The van der Waals surface area contributed by atoms with Crippen LogP contribution in [-0.2, 0) is 6.54 Å². The molecule has 0 radical (unpaired) electrons. The van der Waals surface area contributed by atoms with Gasteiger partial charge in [-0.25, -0.2) is 19.2 Å². The van der Waals surface area contributed by atoms with Crippen molar-refractivity contribution in [3.63, 3.8) is 0 Å². The molecule has 0 saturated carbocycles. The second-order valence-electron chi connectivity index (χ2n) is 7.92. The van der Waals surface area contributed by atoms with Crippen molar-refractivity contribution in [2.45, 2.75) is 20.4 Å². The molecule has 0 atom stereocenters. The quantitative estimate of drug-likeness (QED) is 0.350. The maximum atomic E-state index is 4.80. The van der Waals surface area contributed by atoms with Gasteiger partial charge in [0.25, 0.3) is 0 Å². The summed E-state index contributed by atoms with van der Waals surface area (Å²) in [6.07, 6.45) is 3.48. The highest BCUT2D eigenvalue weighted by atomic mass is 79.9. The molecule has 162 valence electrons. The number of hydrogen-bond donors (Lipinski definition) is 0. The van der Waals surface area contributed by atoms with Crippen molar-refractivity contribution in [1.29, 1.82) is 0 Å². The monoisotopic (exact) mass is 498 g/mol. The van der Waals surface area contributed by atoms with Gasteiger partial charge < -0.3 is 0 Å². The lowest BCUT2D eigenvalue weighted by Crippen LogP contribution is -2.03. The number of benzene rings is 2. The van der Waals surface area contributed by atoms with E-state index in [1.807, 2.05) is 58.8 Å². The normalized spacial score (nSPS) is 11.6. The highest BCUT2D eigenvalue weighted by Crippen LogP contribution is 2.24. The van der Waals surface area contributed by atoms with Gasteiger partial charge in [0.15, 0.2) is 17.1 Å². The molecule has 9 heteroatoms. The van der Waals surface area contributed by atoms with E-state index in [4.69, 9.17) is 4.98 Å². The van der Waals surface area contributed by atoms with Crippen molar-refractivity contribution in [2.24, 2.45) is 0 Å². The third kappa shape index (κ3) is 3.32. The predicted octanol–water partition coefficient (Wildman–Crippen LogP) is 4.75. The van der Waals surface area contributed by atoms with E-state index in [0.717, 1.165) is 49.4 Å². The summed E-state index contributed by atoms with van der Waals surface area (Å²) in [5.74, 6) is 0.650. The van der Waals surface area contributed by atoms with Crippen LogP contribution in [0.25, 0.3) is 33.8 Å². The van der Waals surface area contributed by atoms with Gasteiger partial charge in [-0.1, -0.05) is 42.5 Å². The number of aryl methyl sites for hydroxylation is 1. The molecule has 33 heavy (non-hydrogen) atoms.